The van der Waals surface area contributed by atoms with Gasteiger partial charge in [0.25, 0.3) is 0 Å². The van der Waals surface area contributed by atoms with Crippen LogP contribution in [0.25, 0.3) is 10.8 Å². The van der Waals surface area contributed by atoms with Crippen LogP contribution in [-0.2, 0) is 6.54 Å². The number of likely N-dealkylation sites (tertiary alicyclic amines) is 1. The molecule has 0 amide bonds. The van der Waals surface area contributed by atoms with Crippen molar-refractivity contribution < 1.29 is 0 Å². The van der Waals surface area contributed by atoms with Crippen LogP contribution in [0.2, 0.25) is 0 Å². The van der Waals surface area contributed by atoms with E-state index in [1.54, 1.807) is 0 Å². The van der Waals surface area contributed by atoms with Gasteiger partial charge in [0.05, 0.1) is 5.69 Å². The molecule has 2 heteroatoms. The Hall–Kier alpha value is -1.41. The van der Waals surface area contributed by atoms with E-state index in [1.807, 2.05) is 0 Å². The zero-order chi connectivity index (χ0) is 15.7. The molecule has 2 aromatic rings. The molecule has 2 nitrogen and oxygen atoms in total. The summed E-state index contributed by atoms with van der Waals surface area (Å²) in [4.78, 5) is 7.38. The van der Waals surface area contributed by atoms with E-state index in [0.29, 0.717) is 11.3 Å². The lowest BCUT2D eigenvalue weighted by Gasteiger charge is -2.38. The van der Waals surface area contributed by atoms with Crippen LogP contribution in [-0.4, -0.2) is 23.0 Å². The van der Waals surface area contributed by atoms with Crippen molar-refractivity contribution in [3.63, 3.8) is 0 Å². The SMILES string of the molecule is CC(C)c1ncc(CN2CCCC(C)(C)C2)c2ccccc12. The minimum absolute atomic E-state index is 0.444. The molecule has 0 aliphatic carbocycles. The normalized spacial score (nSPS) is 19.0. The van der Waals surface area contributed by atoms with Crippen molar-refractivity contribution in [1.29, 1.82) is 0 Å². The number of rotatable bonds is 3. The molecule has 0 N–H and O–H groups in total. The Kier molecular flexibility index (Phi) is 4.22. The van der Waals surface area contributed by atoms with Crippen LogP contribution in [0.5, 0.6) is 0 Å². The monoisotopic (exact) mass is 296 g/mol. The average molecular weight is 296 g/mol. The Labute approximate surface area is 134 Å². The van der Waals surface area contributed by atoms with Gasteiger partial charge in [-0.1, -0.05) is 52.0 Å². The first-order valence-corrected chi connectivity index (χ1v) is 8.55. The first kappa shape index (κ1) is 15.5. The molecular weight excluding hydrogens is 268 g/mol. The van der Waals surface area contributed by atoms with Crippen LogP contribution in [0.1, 0.15) is 57.7 Å². The van der Waals surface area contributed by atoms with Gasteiger partial charge in [-0.15, -0.1) is 0 Å². The van der Waals surface area contributed by atoms with Crippen LogP contribution in [0.3, 0.4) is 0 Å². The van der Waals surface area contributed by atoms with Gasteiger partial charge >= 0.3 is 0 Å². The van der Waals surface area contributed by atoms with Gasteiger partial charge in [0.1, 0.15) is 0 Å². The number of hydrogen-bond acceptors (Lipinski definition) is 2. The van der Waals surface area contributed by atoms with Crippen molar-refractivity contribution in [2.75, 3.05) is 13.1 Å². The number of aromatic nitrogens is 1. The lowest BCUT2D eigenvalue weighted by Crippen LogP contribution is -2.39. The molecule has 1 aliphatic rings. The summed E-state index contributed by atoms with van der Waals surface area (Å²) in [6.45, 7) is 12.6. The van der Waals surface area contributed by atoms with Crippen molar-refractivity contribution in [1.82, 2.24) is 9.88 Å². The van der Waals surface area contributed by atoms with E-state index in [9.17, 15) is 0 Å². The average Bonchev–Trinajstić information content (AvgIpc) is 2.46. The molecule has 2 heterocycles. The van der Waals surface area contributed by atoms with Crippen molar-refractivity contribution in [2.24, 2.45) is 5.41 Å². The molecule has 1 aromatic heterocycles. The predicted molar refractivity (Wildman–Crippen MR) is 94.1 cm³/mol. The number of pyridine rings is 1. The summed E-state index contributed by atoms with van der Waals surface area (Å²) >= 11 is 0. The lowest BCUT2D eigenvalue weighted by atomic mass is 9.84. The van der Waals surface area contributed by atoms with Crippen LogP contribution >= 0.6 is 0 Å². The van der Waals surface area contributed by atoms with Crippen LogP contribution in [0.15, 0.2) is 30.5 Å². The molecular formula is C20H28N2. The third-order valence-electron chi connectivity index (χ3n) is 4.83. The van der Waals surface area contributed by atoms with Crippen molar-refractivity contribution in [3.8, 4) is 0 Å². The zero-order valence-corrected chi connectivity index (χ0v) is 14.4. The van der Waals surface area contributed by atoms with Crippen molar-refractivity contribution in [3.05, 3.63) is 41.7 Å². The number of fused-ring (bicyclic) bond motifs is 1. The molecule has 1 aromatic carbocycles. The zero-order valence-electron chi connectivity index (χ0n) is 14.4. The molecule has 0 radical (unpaired) electrons. The predicted octanol–water partition coefficient (Wildman–Crippen LogP) is 4.98. The molecule has 0 unspecified atom stereocenters. The quantitative estimate of drug-likeness (QED) is 0.794. The molecule has 3 rings (SSSR count). The highest BCUT2D eigenvalue weighted by Gasteiger charge is 2.26. The topological polar surface area (TPSA) is 16.1 Å². The molecule has 1 fully saturated rings. The van der Waals surface area contributed by atoms with Gasteiger partial charge < -0.3 is 0 Å². The number of nitrogens with zero attached hydrogens (tertiary/aromatic N) is 2. The van der Waals surface area contributed by atoms with E-state index in [2.05, 4.69) is 63.1 Å². The third kappa shape index (κ3) is 3.17. The van der Waals surface area contributed by atoms with E-state index in [1.165, 1.54) is 48.0 Å². The van der Waals surface area contributed by atoms with Gasteiger partial charge in [-0.25, -0.2) is 0 Å². The van der Waals surface area contributed by atoms with E-state index >= 15 is 0 Å². The van der Waals surface area contributed by atoms with Gasteiger partial charge in [0.2, 0.25) is 0 Å². The molecule has 118 valence electrons. The fourth-order valence-electron chi connectivity index (χ4n) is 3.78. The van der Waals surface area contributed by atoms with Crippen LogP contribution in [0.4, 0.5) is 0 Å². The molecule has 1 saturated heterocycles. The third-order valence-corrected chi connectivity index (χ3v) is 4.83. The largest absolute Gasteiger partial charge is 0.298 e. The molecule has 22 heavy (non-hydrogen) atoms. The number of piperidine rings is 1. The van der Waals surface area contributed by atoms with E-state index in [0.717, 1.165) is 6.54 Å². The smallest absolute Gasteiger partial charge is 0.0507 e. The second kappa shape index (κ2) is 6.00. The van der Waals surface area contributed by atoms with E-state index < -0.39 is 0 Å². The molecule has 0 bridgehead atoms. The summed E-state index contributed by atoms with van der Waals surface area (Å²) in [6, 6.07) is 8.76. The maximum absolute atomic E-state index is 4.78. The second-order valence-corrected chi connectivity index (χ2v) is 7.85. The lowest BCUT2D eigenvalue weighted by molar-refractivity contribution is 0.112. The van der Waals surface area contributed by atoms with Crippen molar-refractivity contribution >= 4 is 10.8 Å². The Morgan fingerprint density at radius 2 is 1.91 bits per heavy atom. The summed E-state index contributed by atoms with van der Waals surface area (Å²) in [7, 11) is 0. The maximum atomic E-state index is 4.78. The minimum atomic E-state index is 0.444. The van der Waals surface area contributed by atoms with Gasteiger partial charge in [0, 0.05) is 24.7 Å². The minimum Gasteiger partial charge on any atom is -0.298 e. The maximum Gasteiger partial charge on any atom is 0.0507 e. The Bertz CT molecular complexity index is 658. The molecule has 0 spiro atoms. The molecule has 1 aliphatic heterocycles. The molecule has 0 saturated carbocycles. The highest BCUT2D eigenvalue weighted by molar-refractivity contribution is 5.87. The van der Waals surface area contributed by atoms with Crippen molar-refractivity contribution in [2.45, 2.75) is 53.0 Å². The fraction of sp³-hybridized carbons (Fsp3) is 0.550. The summed E-state index contributed by atoms with van der Waals surface area (Å²) in [6.07, 6.45) is 4.76. The van der Waals surface area contributed by atoms with Gasteiger partial charge in [-0.05, 0) is 41.7 Å². The van der Waals surface area contributed by atoms with Crippen LogP contribution < -0.4 is 0 Å². The highest BCUT2D eigenvalue weighted by atomic mass is 15.1. The second-order valence-electron chi connectivity index (χ2n) is 7.85. The van der Waals surface area contributed by atoms with Gasteiger partial charge in [-0.3, -0.25) is 9.88 Å². The summed E-state index contributed by atoms with van der Waals surface area (Å²) < 4.78 is 0. The van der Waals surface area contributed by atoms with Crippen LogP contribution in [0, 0.1) is 5.41 Å². The van der Waals surface area contributed by atoms with Gasteiger partial charge in [-0.2, -0.15) is 0 Å². The van der Waals surface area contributed by atoms with E-state index in [-0.39, 0.29) is 0 Å². The Morgan fingerprint density at radius 1 is 1.18 bits per heavy atom. The molecule has 0 atom stereocenters. The summed E-state index contributed by atoms with van der Waals surface area (Å²) in [5, 5.41) is 2.70. The Morgan fingerprint density at radius 3 is 2.59 bits per heavy atom. The Balaban J connectivity index is 1.93. The standard InChI is InChI=1S/C20H28N2/c1-15(2)19-18-9-6-5-8-17(18)16(12-21-19)13-22-11-7-10-20(3,4)14-22/h5-6,8-9,12,15H,7,10-11,13-14H2,1-4H3. The first-order chi connectivity index (χ1) is 10.5. The number of benzene rings is 1. The first-order valence-electron chi connectivity index (χ1n) is 8.55. The highest BCUT2D eigenvalue weighted by Crippen LogP contribution is 2.31. The summed E-state index contributed by atoms with van der Waals surface area (Å²) in [5.41, 5.74) is 3.04. The van der Waals surface area contributed by atoms with E-state index in [4.69, 9.17) is 4.98 Å². The summed E-state index contributed by atoms with van der Waals surface area (Å²) in [5.74, 6) is 0.466. The van der Waals surface area contributed by atoms with Gasteiger partial charge in [0.15, 0.2) is 0 Å². The fourth-order valence-corrected chi connectivity index (χ4v) is 3.78. The number of hydrogen-bond donors (Lipinski definition) is 0.